The van der Waals surface area contributed by atoms with Gasteiger partial charge in [-0.3, -0.25) is 9.59 Å². The van der Waals surface area contributed by atoms with Gasteiger partial charge in [0.05, 0.1) is 25.4 Å². The monoisotopic (exact) mass is 1200 g/mol. The minimum absolute atomic E-state index is 0.125. The van der Waals surface area contributed by atoms with Gasteiger partial charge in [-0.2, -0.15) is 0 Å². The van der Waals surface area contributed by atoms with Crippen LogP contribution in [-0.2, 0) is 23.8 Å². The van der Waals surface area contributed by atoms with Crippen molar-refractivity contribution in [1.82, 2.24) is 5.32 Å². The fraction of sp³-hybridized carbons (Fsp3) is 0.865. The molecule has 0 saturated carbocycles. The number of esters is 1. The summed E-state index contributed by atoms with van der Waals surface area (Å²) in [5, 5.41) is 57.3. The molecule has 11 nitrogen and oxygen atoms in total. The van der Waals surface area contributed by atoms with Crippen LogP contribution in [0.25, 0.3) is 0 Å². The lowest BCUT2D eigenvalue weighted by Gasteiger charge is -2.41. The number of ether oxygens (including phenoxy) is 3. The van der Waals surface area contributed by atoms with Gasteiger partial charge < -0.3 is 45.1 Å². The molecule has 8 atom stereocenters. The van der Waals surface area contributed by atoms with Gasteiger partial charge in [-0.15, -0.1) is 0 Å². The molecule has 85 heavy (non-hydrogen) atoms. The van der Waals surface area contributed by atoms with Gasteiger partial charge >= 0.3 is 5.97 Å². The Labute approximate surface area is 523 Å². The highest BCUT2D eigenvalue weighted by molar-refractivity contribution is 5.80. The first kappa shape index (κ1) is 80.6. The van der Waals surface area contributed by atoms with Gasteiger partial charge in [-0.05, 0) is 64.2 Å². The van der Waals surface area contributed by atoms with Crippen molar-refractivity contribution >= 4 is 11.9 Å². The number of carbonyl (C=O) groups is 2. The normalized spacial score (nSPS) is 18.6. The average Bonchev–Trinajstić information content (AvgIpc) is 2.50. The Balaban J connectivity index is 2.54. The minimum atomic E-state index is -1.61. The van der Waals surface area contributed by atoms with E-state index < -0.39 is 67.4 Å². The van der Waals surface area contributed by atoms with Crippen molar-refractivity contribution in [2.24, 2.45) is 0 Å². The van der Waals surface area contributed by atoms with E-state index in [1.807, 2.05) is 6.08 Å². The number of aliphatic hydroxyl groups is 5. The number of hydrogen-bond acceptors (Lipinski definition) is 10. The van der Waals surface area contributed by atoms with Crippen molar-refractivity contribution in [3.63, 3.8) is 0 Å². The number of carbonyl (C=O) groups excluding carboxylic acids is 2. The van der Waals surface area contributed by atoms with Crippen LogP contribution in [0, 0.1) is 0 Å². The Morgan fingerprint density at radius 3 is 1.24 bits per heavy atom. The van der Waals surface area contributed by atoms with Crippen LogP contribution < -0.4 is 5.32 Å². The number of unbranched alkanes of at least 4 members (excludes halogenated alkanes) is 43. The third kappa shape index (κ3) is 49.1. The summed E-state index contributed by atoms with van der Waals surface area (Å²) in [7, 11) is 0. The largest absolute Gasteiger partial charge is 0.454 e. The lowest BCUT2D eigenvalue weighted by molar-refractivity contribution is -0.305. The quantitative estimate of drug-likeness (QED) is 0.0195. The standard InChI is InChI=1S/C74H137NO10/c1-4-7-10-13-16-19-22-25-27-29-30-31-32-33-34-35-36-37-38-39-41-44-47-50-53-56-59-62-69(79)85-72-71(81)70(80)68(63-76)84-74(72)83-64-65(66(77)60-57-54-51-48-45-42-24-21-18-15-12-9-6-3)75-73(82)67(78)61-58-55-52-49-46-43-40-28-26-23-20-17-14-11-8-5-2/h16,19,25,27,30-31,57,60,65-68,70-72,74,76-78,80-81H,4-15,17-18,20-24,26,28-29,32-56,58-59,61-64H2,1-3H3,(H,75,82)/b19-16-,27-25-,31-30-,60-57+. The molecule has 1 rings (SSSR count). The molecule has 8 unspecified atom stereocenters. The van der Waals surface area contributed by atoms with Crippen molar-refractivity contribution < 1.29 is 49.3 Å². The van der Waals surface area contributed by atoms with Crippen LogP contribution >= 0.6 is 0 Å². The first-order valence-corrected chi connectivity index (χ1v) is 36.4. The molecule has 0 radical (unpaired) electrons. The molecule has 11 heteroatoms. The molecular formula is C74H137NO10. The van der Waals surface area contributed by atoms with Gasteiger partial charge in [0.1, 0.15) is 24.4 Å². The molecule has 1 fully saturated rings. The molecule has 0 aromatic rings. The van der Waals surface area contributed by atoms with Crippen LogP contribution in [0.2, 0.25) is 0 Å². The smallest absolute Gasteiger partial charge is 0.306 e. The minimum Gasteiger partial charge on any atom is -0.454 e. The van der Waals surface area contributed by atoms with Gasteiger partial charge in [-0.1, -0.05) is 326 Å². The van der Waals surface area contributed by atoms with E-state index >= 15 is 0 Å². The molecule has 0 aliphatic carbocycles. The van der Waals surface area contributed by atoms with E-state index in [1.54, 1.807) is 6.08 Å². The fourth-order valence-electron chi connectivity index (χ4n) is 11.5. The predicted molar refractivity (Wildman–Crippen MR) is 357 cm³/mol. The van der Waals surface area contributed by atoms with Crippen molar-refractivity contribution in [3.8, 4) is 0 Å². The van der Waals surface area contributed by atoms with Crippen LogP contribution in [0.1, 0.15) is 348 Å². The first-order chi connectivity index (χ1) is 41.7. The number of allylic oxidation sites excluding steroid dienone is 7. The Morgan fingerprint density at radius 1 is 0.459 bits per heavy atom. The Kier molecular flexibility index (Phi) is 58.7. The molecule has 0 spiro atoms. The number of amides is 1. The molecule has 1 saturated heterocycles. The molecule has 0 aromatic heterocycles. The highest BCUT2D eigenvalue weighted by Gasteiger charge is 2.47. The summed E-state index contributed by atoms with van der Waals surface area (Å²) in [6.07, 6.45) is 67.2. The molecule has 1 heterocycles. The molecule has 1 aliphatic heterocycles. The molecule has 6 N–H and O–H groups in total. The zero-order valence-corrected chi connectivity index (χ0v) is 55.5. The second-order valence-corrected chi connectivity index (χ2v) is 25.3. The topological polar surface area (TPSA) is 175 Å². The van der Waals surface area contributed by atoms with Gasteiger partial charge in [0.2, 0.25) is 5.91 Å². The zero-order chi connectivity index (χ0) is 61.7. The Morgan fingerprint density at radius 2 is 0.812 bits per heavy atom. The zero-order valence-electron chi connectivity index (χ0n) is 55.5. The summed E-state index contributed by atoms with van der Waals surface area (Å²) in [5.74, 6) is -1.18. The number of aliphatic hydroxyl groups excluding tert-OH is 5. The summed E-state index contributed by atoms with van der Waals surface area (Å²) in [6.45, 7) is 5.82. The Hall–Kier alpha value is -2.38. The highest BCUT2D eigenvalue weighted by atomic mass is 16.7. The Bertz CT molecular complexity index is 1570. The molecule has 0 aromatic carbocycles. The fourth-order valence-corrected chi connectivity index (χ4v) is 11.5. The molecule has 0 bridgehead atoms. The maximum atomic E-state index is 13.5. The maximum Gasteiger partial charge on any atom is 0.306 e. The lowest BCUT2D eigenvalue weighted by Crippen LogP contribution is -2.61. The highest BCUT2D eigenvalue weighted by Crippen LogP contribution is 2.26. The summed E-state index contributed by atoms with van der Waals surface area (Å²) < 4.78 is 17.7. The second-order valence-electron chi connectivity index (χ2n) is 25.3. The second kappa shape index (κ2) is 61.8. The third-order valence-electron chi connectivity index (χ3n) is 17.2. The average molecular weight is 1200 g/mol. The van der Waals surface area contributed by atoms with Crippen molar-refractivity contribution in [1.29, 1.82) is 0 Å². The van der Waals surface area contributed by atoms with E-state index in [2.05, 4.69) is 62.5 Å². The van der Waals surface area contributed by atoms with Crippen LogP contribution in [-0.4, -0.2) is 99.6 Å². The summed E-state index contributed by atoms with van der Waals surface area (Å²) >= 11 is 0. The van der Waals surface area contributed by atoms with Crippen molar-refractivity contribution in [2.75, 3.05) is 13.2 Å². The van der Waals surface area contributed by atoms with E-state index in [0.29, 0.717) is 19.3 Å². The van der Waals surface area contributed by atoms with E-state index in [0.717, 1.165) is 70.6 Å². The first-order valence-electron chi connectivity index (χ1n) is 36.4. The van der Waals surface area contributed by atoms with Gasteiger partial charge in [0.25, 0.3) is 0 Å². The van der Waals surface area contributed by atoms with Crippen molar-refractivity contribution in [2.45, 2.75) is 397 Å². The molecule has 498 valence electrons. The third-order valence-corrected chi connectivity index (χ3v) is 17.2. The van der Waals surface area contributed by atoms with Gasteiger partial charge in [0, 0.05) is 6.42 Å². The molecular weight excluding hydrogens is 1060 g/mol. The number of hydrogen-bond donors (Lipinski definition) is 6. The van der Waals surface area contributed by atoms with Gasteiger partial charge in [-0.25, -0.2) is 0 Å². The molecule has 1 aliphatic rings. The number of rotatable bonds is 63. The summed E-state index contributed by atoms with van der Waals surface area (Å²) in [6, 6.07) is -1.02. The van der Waals surface area contributed by atoms with E-state index in [-0.39, 0.29) is 13.0 Å². The van der Waals surface area contributed by atoms with E-state index in [9.17, 15) is 35.1 Å². The molecule has 1 amide bonds. The lowest BCUT2D eigenvalue weighted by atomic mass is 9.99. The van der Waals surface area contributed by atoms with Crippen LogP contribution in [0.3, 0.4) is 0 Å². The predicted octanol–water partition coefficient (Wildman–Crippen LogP) is 18.7. The van der Waals surface area contributed by atoms with Crippen molar-refractivity contribution in [3.05, 3.63) is 48.6 Å². The SMILES string of the molecule is CCCCC/C=C\C/C=C\C/C=C\CCCCCCCCCCCCCCCCC(=O)OC1C(OCC(NC(=O)C(O)CCCCCCCCCCCCCCCCCC)C(O)/C=C/CCCCCCCCCCCCC)OC(CO)C(O)C1O. The van der Waals surface area contributed by atoms with Crippen LogP contribution in [0.15, 0.2) is 48.6 Å². The van der Waals surface area contributed by atoms with Crippen LogP contribution in [0.5, 0.6) is 0 Å². The maximum absolute atomic E-state index is 13.5. The van der Waals surface area contributed by atoms with E-state index in [1.165, 1.54) is 231 Å². The summed E-state index contributed by atoms with van der Waals surface area (Å²) in [4.78, 5) is 26.7. The van der Waals surface area contributed by atoms with Crippen LogP contribution in [0.4, 0.5) is 0 Å². The van der Waals surface area contributed by atoms with E-state index in [4.69, 9.17) is 14.2 Å². The van der Waals surface area contributed by atoms with Gasteiger partial charge in [0.15, 0.2) is 12.4 Å². The summed E-state index contributed by atoms with van der Waals surface area (Å²) in [5.41, 5.74) is 0. The number of nitrogens with one attached hydrogen (secondary N) is 1.